The van der Waals surface area contributed by atoms with Crippen LogP contribution in [0.2, 0.25) is 5.02 Å². The number of nitrogens with one attached hydrogen (secondary N) is 1. The Labute approximate surface area is 128 Å². The van der Waals surface area contributed by atoms with Gasteiger partial charge in [-0.2, -0.15) is 5.10 Å². The Morgan fingerprint density at radius 1 is 1.45 bits per heavy atom. The van der Waals surface area contributed by atoms with E-state index in [0.29, 0.717) is 6.04 Å². The summed E-state index contributed by atoms with van der Waals surface area (Å²) in [5.74, 6) is 1.16. The van der Waals surface area contributed by atoms with Crippen molar-refractivity contribution in [2.75, 3.05) is 12.3 Å². The number of fused-ring (bicyclic) bond motifs is 1. The molecule has 5 heteroatoms. The van der Waals surface area contributed by atoms with E-state index in [9.17, 15) is 0 Å². The molecule has 1 aliphatic heterocycles. The van der Waals surface area contributed by atoms with Gasteiger partial charge in [-0.3, -0.25) is 4.68 Å². The predicted molar refractivity (Wildman–Crippen MR) is 84.4 cm³/mol. The molecule has 0 fully saturated rings. The Morgan fingerprint density at radius 2 is 2.35 bits per heavy atom. The Balaban J connectivity index is 1.64. The van der Waals surface area contributed by atoms with Crippen LogP contribution < -0.4 is 5.32 Å². The number of halogens is 1. The highest BCUT2D eigenvalue weighted by atomic mass is 35.5. The number of rotatable bonds is 4. The van der Waals surface area contributed by atoms with Gasteiger partial charge in [-0.05, 0) is 42.0 Å². The van der Waals surface area contributed by atoms with Crippen molar-refractivity contribution < 1.29 is 0 Å². The molecule has 20 heavy (non-hydrogen) atoms. The fourth-order valence-corrected chi connectivity index (χ4v) is 3.88. The van der Waals surface area contributed by atoms with Crippen LogP contribution in [-0.2, 0) is 13.5 Å². The lowest BCUT2D eigenvalue weighted by molar-refractivity contribution is 0.508. The van der Waals surface area contributed by atoms with E-state index in [2.05, 4.69) is 28.6 Å². The highest BCUT2D eigenvalue weighted by Gasteiger charge is 2.20. The highest BCUT2D eigenvalue weighted by Crippen LogP contribution is 2.37. The molecule has 1 N–H and O–H groups in total. The smallest absolute Gasteiger partial charge is 0.0492 e. The van der Waals surface area contributed by atoms with Gasteiger partial charge >= 0.3 is 0 Å². The maximum atomic E-state index is 6.13. The lowest BCUT2D eigenvalue weighted by Crippen LogP contribution is -2.27. The molecule has 3 rings (SSSR count). The van der Waals surface area contributed by atoms with Crippen molar-refractivity contribution in [3.63, 3.8) is 0 Å². The summed E-state index contributed by atoms with van der Waals surface area (Å²) in [4.78, 5) is 1.36. The lowest BCUT2D eigenvalue weighted by Gasteiger charge is -2.26. The summed E-state index contributed by atoms with van der Waals surface area (Å²) in [5.41, 5.74) is 2.60. The molecule has 1 aliphatic rings. The molecule has 1 aromatic heterocycles. The first-order valence-electron chi connectivity index (χ1n) is 6.86. The zero-order chi connectivity index (χ0) is 13.9. The Morgan fingerprint density at radius 3 is 3.15 bits per heavy atom. The van der Waals surface area contributed by atoms with Crippen LogP contribution in [0.5, 0.6) is 0 Å². The van der Waals surface area contributed by atoms with Crippen LogP contribution in [0.4, 0.5) is 0 Å². The van der Waals surface area contributed by atoms with Crippen molar-refractivity contribution in [3.05, 3.63) is 46.7 Å². The molecular weight excluding hydrogens is 290 g/mol. The molecule has 0 spiro atoms. The fourth-order valence-electron chi connectivity index (χ4n) is 2.60. The van der Waals surface area contributed by atoms with Crippen LogP contribution in [0.25, 0.3) is 0 Å². The van der Waals surface area contributed by atoms with E-state index in [1.165, 1.54) is 16.2 Å². The third-order valence-electron chi connectivity index (χ3n) is 3.71. The molecule has 0 amide bonds. The Hall–Kier alpha value is -0.970. The van der Waals surface area contributed by atoms with Crippen LogP contribution in [0.15, 0.2) is 35.4 Å². The lowest BCUT2D eigenvalue weighted by atomic mass is 10.0. The van der Waals surface area contributed by atoms with Crippen LogP contribution in [-0.4, -0.2) is 22.1 Å². The van der Waals surface area contributed by atoms with Gasteiger partial charge in [-0.15, -0.1) is 11.8 Å². The molecule has 0 saturated carbocycles. The number of nitrogens with zero attached hydrogens (tertiary/aromatic N) is 2. The van der Waals surface area contributed by atoms with Crippen molar-refractivity contribution >= 4 is 23.4 Å². The summed E-state index contributed by atoms with van der Waals surface area (Å²) in [6.07, 6.45) is 4.00. The van der Waals surface area contributed by atoms with Crippen molar-refractivity contribution in [1.29, 1.82) is 0 Å². The topological polar surface area (TPSA) is 29.9 Å². The van der Waals surface area contributed by atoms with Crippen molar-refractivity contribution in [2.24, 2.45) is 7.05 Å². The number of thioether (sulfide) groups is 1. The van der Waals surface area contributed by atoms with Crippen LogP contribution in [0.1, 0.15) is 23.7 Å². The average Bonchev–Trinajstić information content (AvgIpc) is 2.85. The molecule has 0 saturated heterocycles. The van der Waals surface area contributed by atoms with Gasteiger partial charge in [0.05, 0.1) is 0 Å². The zero-order valence-electron chi connectivity index (χ0n) is 11.5. The number of hydrogen-bond acceptors (Lipinski definition) is 3. The van der Waals surface area contributed by atoms with E-state index < -0.39 is 0 Å². The second-order valence-corrected chi connectivity index (χ2v) is 6.60. The number of hydrogen-bond donors (Lipinski definition) is 1. The molecule has 2 aromatic rings. The maximum absolute atomic E-state index is 6.13. The maximum Gasteiger partial charge on any atom is 0.0492 e. The van der Waals surface area contributed by atoms with Gasteiger partial charge in [0, 0.05) is 47.9 Å². The largest absolute Gasteiger partial charge is 0.309 e. The zero-order valence-corrected chi connectivity index (χ0v) is 13.0. The summed E-state index contributed by atoms with van der Waals surface area (Å²) in [6.45, 7) is 0.959. The highest BCUT2D eigenvalue weighted by molar-refractivity contribution is 7.99. The standard InChI is InChI=1S/C15H18ClN3S/c1-19-12(5-8-18-19)4-7-17-14-6-9-20-15-3-2-11(16)10-13(14)15/h2-3,5,8,10,14,17H,4,6-7,9H2,1H3. The summed E-state index contributed by atoms with van der Waals surface area (Å²) < 4.78 is 1.93. The second-order valence-electron chi connectivity index (χ2n) is 5.02. The minimum Gasteiger partial charge on any atom is -0.309 e. The third kappa shape index (κ3) is 3.03. The van der Waals surface area contributed by atoms with Crippen molar-refractivity contribution in [1.82, 2.24) is 15.1 Å². The Bertz CT molecular complexity index is 597. The Kier molecular flexibility index (Phi) is 4.34. The molecule has 2 heterocycles. The molecule has 106 valence electrons. The first-order valence-corrected chi connectivity index (χ1v) is 8.23. The normalized spacial score (nSPS) is 18.0. The van der Waals surface area contributed by atoms with E-state index in [0.717, 1.165) is 30.2 Å². The molecule has 1 atom stereocenters. The van der Waals surface area contributed by atoms with Crippen molar-refractivity contribution in [2.45, 2.75) is 23.8 Å². The van der Waals surface area contributed by atoms with Gasteiger partial charge < -0.3 is 5.32 Å². The second kappa shape index (κ2) is 6.20. The van der Waals surface area contributed by atoms with Gasteiger partial charge in [-0.1, -0.05) is 11.6 Å². The van der Waals surface area contributed by atoms with Crippen LogP contribution in [0.3, 0.4) is 0 Å². The molecular formula is C15H18ClN3S. The third-order valence-corrected chi connectivity index (χ3v) is 5.06. The molecule has 3 nitrogen and oxygen atoms in total. The van der Waals surface area contributed by atoms with Crippen LogP contribution in [0, 0.1) is 0 Å². The monoisotopic (exact) mass is 307 g/mol. The number of aryl methyl sites for hydroxylation is 1. The van der Waals surface area contributed by atoms with E-state index in [1.807, 2.05) is 35.8 Å². The fraction of sp³-hybridized carbons (Fsp3) is 0.400. The van der Waals surface area contributed by atoms with E-state index in [4.69, 9.17) is 11.6 Å². The summed E-state index contributed by atoms with van der Waals surface area (Å²) in [7, 11) is 1.99. The van der Waals surface area contributed by atoms with E-state index in [-0.39, 0.29) is 0 Å². The minimum atomic E-state index is 0.415. The van der Waals surface area contributed by atoms with Gasteiger partial charge in [-0.25, -0.2) is 0 Å². The minimum absolute atomic E-state index is 0.415. The molecule has 1 unspecified atom stereocenters. The number of benzene rings is 1. The average molecular weight is 308 g/mol. The van der Waals surface area contributed by atoms with Gasteiger partial charge in [0.2, 0.25) is 0 Å². The van der Waals surface area contributed by atoms with E-state index in [1.54, 1.807) is 0 Å². The summed E-state index contributed by atoms with van der Waals surface area (Å²) in [5, 5.41) is 8.68. The van der Waals surface area contributed by atoms with Crippen molar-refractivity contribution in [3.8, 4) is 0 Å². The first kappa shape index (κ1) is 14.0. The molecule has 1 aromatic carbocycles. The first-order chi connectivity index (χ1) is 9.74. The summed E-state index contributed by atoms with van der Waals surface area (Å²) >= 11 is 8.05. The molecule has 0 radical (unpaired) electrons. The van der Waals surface area contributed by atoms with Crippen LogP contribution >= 0.6 is 23.4 Å². The SMILES string of the molecule is Cn1nccc1CCNC1CCSc2ccc(Cl)cc21. The quantitative estimate of drug-likeness (QED) is 0.938. The van der Waals surface area contributed by atoms with E-state index >= 15 is 0 Å². The molecule has 0 bridgehead atoms. The van der Waals surface area contributed by atoms with Gasteiger partial charge in [0.1, 0.15) is 0 Å². The molecule has 0 aliphatic carbocycles. The summed E-state index contributed by atoms with van der Waals surface area (Å²) in [6, 6.07) is 8.70. The predicted octanol–water partition coefficient (Wildman–Crippen LogP) is 3.44. The number of aromatic nitrogens is 2. The van der Waals surface area contributed by atoms with Gasteiger partial charge in [0.15, 0.2) is 0 Å². The van der Waals surface area contributed by atoms with Gasteiger partial charge in [0.25, 0.3) is 0 Å².